The fraction of sp³-hybridized carbons (Fsp3) is 0.100. The summed E-state index contributed by atoms with van der Waals surface area (Å²) in [6.45, 7) is 0. The van der Waals surface area contributed by atoms with E-state index in [0.29, 0.717) is 0 Å². The highest BCUT2D eigenvalue weighted by Gasteiger charge is 2.00. The Balaban J connectivity index is 0.000000152. The number of nitrogens with zero attached hydrogens (tertiary/aromatic N) is 4. The molecule has 142 valence electrons. The Morgan fingerprint density at radius 1 is 0.679 bits per heavy atom. The Morgan fingerprint density at radius 3 is 1.43 bits per heavy atom. The van der Waals surface area contributed by atoms with Crippen molar-refractivity contribution in [2.75, 3.05) is 0 Å². The molecule has 28 heavy (non-hydrogen) atoms. The first-order chi connectivity index (χ1) is 13.6. The van der Waals surface area contributed by atoms with E-state index in [2.05, 4.69) is 19.9 Å². The summed E-state index contributed by atoms with van der Waals surface area (Å²) in [5, 5.41) is 18.0. The van der Waals surface area contributed by atoms with E-state index in [1.807, 2.05) is 60.9 Å². The maximum Gasteiger partial charge on any atom is 0.303 e. The first-order valence-corrected chi connectivity index (χ1v) is 8.29. The van der Waals surface area contributed by atoms with Gasteiger partial charge in [-0.15, -0.1) is 0 Å². The summed E-state index contributed by atoms with van der Waals surface area (Å²) in [5.74, 6) is -2.15. The van der Waals surface area contributed by atoms with Gasteiger partial charge in [0.05, 0.1) is 23.9 Å². The summed E-state index contributed by atoms with van der Waals surface area (Å²) in [5.41, 5.74) is 2.00. The molecule has 0 bridgehead atoms. The van der Waals surface area contributed by atoms with Gasteiger partial charge in [-0.3, -0.25) is 9.59 Å². The van der Waals surface area contributed by atoms with E-state index in [1.165, 1.54) is 0 Å². The van der Waals surface area contributed by atoms with Crippen LogP contribution in [0.15, 0.2) is 73.6 Å². The lowest BCUT2D eigenvalue weighted by Gasteiger charge is -1.90. The molecule has 0 radical (unpaired) electrons. The largest absolute Gasteiger partial charge is 0.481 e. The Labute approximate surface area is 160 Å². The molecule has 0 spiro atoms. The Bertz CT molecular complexity index is 840. The van der Waals surface area contributed by atoms with Crippen molar-refractivity contribution in [1.29, 1.82) is 0 Å². The van der Waals surface area contributed by atoms with Crippen LogP contribution in [-0.4, -0.2) is 42.1 Å². The Hall–Kier alpha value is -3.94. The second-order valence-electron chi connectivity index (χ2n) is 5.45. The highest BCUT2D eigenvalue weighted by Crippen LogP contribution is 2.07. The smallest absolute Gasteiger partial charge is 0.303 e. The van der Waals surface area contributed by atoms with Crippen molar-refractivity contribution in [2.24, 2.45) is 0 Å². The molecule has 0 saturated carbocycles. The van der Waals surface area contributed by atoms with Gasteiger partial charge in [-0.25, -0.2) is 19.9 Å². The van der Waals surface area contributed by atoms with E-state index < -0.39 is 11.9 Å². The quantitative estimate of drug-likeness (QED) is 0.556. The molecule has 0 fully saturated rings. The van der Waals surface area contributed by atoms with Crippen LogP contribution in [0.3, 0.4) is 0 Å². The van der Waals surface area contributed by atoms with Gasteiger partial charge in [0.1, 0.15) is 12.7 Å². The number of hydrogen-bond donors (Lipinski definition) is 2. The van der Waals surface area contributed by atoms with Crippen LogP contribution in [0, 0.1) is 0 Å². The number of hydrogen-bond acceptors (Lipinski definition) is 6. The zero-order valence-corrected chi connectivity index (χ0v) is 14.8. The molecular weight excluding hydrogens is 360 g/mol. The number of carboxylic acid groups (broad SMARTS) is 2. The number of aromatic nitrogens is 4. The molecule has 2 aromatic heterocycles. The highest BCUT2D eigenvalue weighted by atomic mass is 16.4. The third-order valence-corrected chi connectivity index (χ3v) is 3.38. The molecule has 0 saturated heterocycles. The summed E-state index contributed by atoms with van der Waals surface area (Å²) in [4.78, 5) is 35.2. The molecule has 0 aliphatic rings. The molecule has 8 nitrogen and oxygen atoms in total. The molecule has 2 aromatic carbocycles. The first kappa shape index (κ1) is 20.4. The average Bonchev–Trinajstić information content (AvgIpc) is 2.73. The lowest BCUT2D eigenvalue weighted by atomic mass is 10.2. The normalized spacial score (nSPS) is 9.57. The van der Waals surface area contributed by atoms with E-state index in [1.54, 1.807) is 12.7 Å². The van der Waals surface area contributed by atoms with Gasteiger partial charge >= 0.3 is 11.9 Å². The number of fused-ring (bicyclic) bond motifs is 2. The Kier molecular flexibility index (Phi) is 7.94. The lowest BCUT2D eigenvalue weighted by Crippen LogP contribution is -2.00. The summed E-state index contributed by atoms with van der Waals surface area (Å²) in [7, 11) is 0. The summed E-state index contributed by atoms with van der Waals surface area (Å²) in [6.07, 6.45) is 6.14. The van der Waals surface area contributed by atoms with Gasteiger partial charge < -0.3 is 10.2 Å². The SMILES string of the molecule is O=C(O)CCC(=O)O.c1ccc2ncncc2c1.c1ccc2ncncc2c1. The Morgan fingerprint density at radius 2 is 1.07 bits per heavy atom. The summed E-state index contributed by atoms with van der Waals surface area (Å²) >= 11 is 0. The van der Waals surface area contributed by atoms with Crippen molar-refractivity contribution in [3.63, 3.8) is 0 Å². The van der Waals surface area contributed by atoms with Gasteiger partial charge in [-0.05, 0) is 12.1 Å². The van der Waals surface area contributed by atoms with Crippen molar-refractivity contribution >= 4 is 33.7 Å². The van der Waals surface area contributed by atoms with Crippen LogP contribution in [0.1, 0.15) is 12.8 Å². The minimum Gasteiger partial charge on any atom is -0.481 e. The summed E-state index contributed by atoms with van der Waals surface area (Å²) in [6, 6.07) is 15.8. The van der Waals surface area contributed by atoms with Gasteiger partial charge in [0.2, 0.25) is 0 Å². The summed E-state index contributed by atoms with van der Waals surface area (Å²) < 4.78 is 0. The molecule has 4 rings (SSSR count). The fourth-order valence-corrected chi connectivity index (χ4v) is 2.06. The van der Waals surface area contributed by atoms with Crippen LogP contribution >= 0.6 is 0 Å². The second kappa shape index (κ2) is 10.9. The number of carboxylic acids is 2. The van der Waals surface area contributed by atoms with Crippen molar-refractivity contribution < 1.29 is 19.8 Å². The molecule has 2 N–H and O–H groups in total. The monoisotopic (exact) mass is 378 g/mol. The van der Waals surface area contributed by atoms with Crippen molar-refractivity contribution in [3.05, 3.63) is 73.6 Å². The van der Waals surface area contributed by atoms with Crippen LogP contribution in [0.2, 0.25) is 0 Å². The molecule has 0 aliphatic carbocycles. The molecule has 0 amide bonds. The number of benzene rings is 2. The fourth-order valence-electron chi connectivity index (χ4n) is 2.06. The van der Waals surface area contributed by atoms with Crippen molar-refractivity contribution in [2.45, 2.75) is 12.8 Å². The standard InChI is InChI=1S/2C8H6N2.C4H6O4/c2*1-2-4-8-7(3-1)5-9-6-10-8;5-3(6)1-2-4(7)8/h2*1-6H;1-2H2,(H,5,6)(H,7,8). The topological polar surface area (TPSA) is 126 Å². The van der Waals surface area contributed by atoms with Gasteiger partial charge in [-0.2, -0.15) is 0 Å². The minimum absolute atomic E-state index is 0.296. The second-order valence-corrected chi connectivity index (χ2v) is 5.45. The number of carbonyl (C=O) groups is 2. The van der Waals surface area contributed by atoms with Crippen molar-refractivity contribution in [1.82, 2.24) is 19.9 Å². The number of rotatable bonds is 3. The number of para-hydroxylation sites is 2. The van der Waals surface area contributed by atoms with E-state index in [0.717, 1.165) is 21.8 Å². The van der Waals surface area contributed by atoms with E-state index in [4.69, 9.17) is 10.2 Å². The minimum atomic E-state index is -1.08. The third-order valence-electron chi connectivity index (χ3n) is 3.38. The zero-order chi connectivity index (χ0) is 20.2. The van der Waals surface area contributed by atoms with Gasteiger partial charge in [0, 0.05) is 23.2 Å². The first-order valence-electron chi connectivity index (χ1n) is 8.29. The third kappa shape index (κ3) is 7.12. The van der Waals surface area contributed by atoms with Crippen LogP contribution in [0.4, 0.5) is 0 Å². The predicted octanol–water partition coefficient (Wildman–Crippen LogP) is 3.20. The molecule has 0 aliphatic heterocycles. The molecule has 0 atom stereocenters. The molecule has 4 aromatic rings. The van der Waals surface area contributed by atoms with Crippen LogP contribution in [-0.2, 0) is 9.59 Å². The van der Waals surface area contributed by atoms with Gasteiger partial charge in [0.15, 0.2) is 0 Å². The molecular formula is C20H18N4O4. The van der Waals surface area contributed by atoms with Crippen LogP contribution in [0.5, 0.6) is 0 Å². The lowest BCUT2D eigenvalue weighted by molar-refractivity contribution is -0.143. The molecule has 0 unspecified atom stereocenters. The van der Waals surface area contributed by atoms with Crippen LogP contribution in [0.25, 0.3) is 21.8 Å². The van der Waals surface area contributed by atoms with Crippen molar-refractivity contribution in [3.8, 4) is 0 Å². The van der Waals surface area contributed by atoms with E-state index in [-0.39, 0.29) is 12.8 Å². The molecule has 2 heterocycles. The maximum absolute atomic E-state index is 9.64. The van der Waals surface area contributed by atoms with E-state index in [9.17, 15) is 9.59 Å². The zero-order valence-electron chi connectivity index (χ0n) is 14.8. The van der Waals surface area contributed by atoms with Gasteiger partial charge in [-0.1, -0.05) is 36.4 Å². The predicted molar refractivity (Wildman–Crippen MR) is 104 cm³/mol. The van der Waals surface area contributed by atoms with Gasteiger partial charge in [0.25, 0.3) is 0 Å². The maximum atomic E-state index is 9.64. The highest BCUT2D eigenvalue weighted by molar-refractivity contribution is 5.77. The average molecular weight is 378 g/mol. The molecule has 8 heteroatoms. The number of aliphatic carboxylic acids is 2. The van der Waals surface area contributed by atoms with Crippen LogP contribution < -0.4 is 0 Å². The van der Waals surface area contributed by atoms with E-state index >= 15 is 0 Å².